The molecule has 0 saturated carbocycles. The van der Waals surface area contributed by atoms with E-state index in [0.717, 1.165) is 144 Å². The Morgan fingerprint density at radius 2 is 0.663 bits per heavy atom. The van der Waals surface area contributed by atoms with Gasteiger partial charge in [-0.25, -0.2) is 15.0 Å². The average Bonchev–Trinajstić information content (AvgIpc) is 0.951. The molecule has 16 rings (SSSR count). The largest absolute Gasteiger partial charge is 0.255 e. The van der Waals surface area contributed by atoms with Crippen LogP contribution in [0, 0.1) is 22.7 Å². The first-order valence-corrected chi connectivity index (χ1v) is 30.4. The maximum atomic E-state index is 10.5. The van der Waals surface area contributed by atoms with E-state index in [1.54, 1.807) is 18.6 Å². The molecule has 8 nitrogen and oxygen atoms in total. The van der Waals surface area contributed by atoms with Crippen LogP contribution in [0.25, 0.3) is 167 Å². The highest BCUT2D eigenvalue weighted by atomic mass is 14.8. The number of fused-ring (bicyclic) bond motifs is 4. The summed E-state index contributed by atoms with van der Waals surface area (Å²) in [7, 11) is 0. The highest BCUT2D eigenvalue weighted by molar-refractivity contribution is 6.09. The Balaban J connectivity index is 0.827. The van der Waals surface area contributed by atoms with Crippen LogP contribution in [0.5, 0.6) is 0 Å². The summed E-state index contributed by atoms with van der Waals surface area (Å²) in [6.45, 7) is 0. The third-order valence-electron chi connectivity index (χ3n) is 17.3. The second-order valence-corrected chi connectivity index (χ2v) is 22.8. The van der Waals surface area contributed by atoms with Gasteiger partial charge in [-0.1, -0.05) is 158 Å². The third kappa shape index (κ3) is 10.2. The molecule has 0 saturated heterocycles. The quantitative estimate of drug-likeness (QED) is 0.125. The molecule has 0 spiro atoms. The maximum Gasteiger partial charge on any atom is 0.0991 e. The first kappa shape index (κ1) is 54.5. The zero-order chi connectivity index (χ0) is 61.5. The molecule has 0 fully saturated rings. The van der Waals surface area contributed by atoms with E-state index in [1.165, 1.54) is 0 Å². The van der Waals surface area contributed by atoms with E-state index in [9.17, 15) is 10.5 Å². The zero-order valence-electron chi connectivity index (χ0n) is 49.4. The molecule has 6 heterocycles. The van der Waals surface area contributed by atoms with Gasteiger partial charge in [0.25, 0.3) is 0 Å². The monoisotopic (exact) mass is 1170 g/mol. The Kier molecular flexibility index (Phi) is 13.8. The molecule has 0 atom stereocenters. The van der Waals surface area contributed by atoms with Gasteiger partial charge in [0.1, 0.15) is 0 Å². The lowest BCUT2D eigenvalue weighted by Crippen LogP contribution is -1.97. The van der Waals surface area contributed by atoms with Gasteiger partial charge in [0.2, 0.25) is 0 Å². The lowest BCUT2D eigenvalue weighted by molar-refractivity contribution is 1.22. The van der Waals surface area contributed by atoms with Crippen molar-refractivity contribution in [1.82, 2.24) is 29.9 Å². The van der Waals surface area contributed by atoms with Crippen LogP contribution < -0.4 is 0 Å². The molecule has 10 aromatic carbocycles. The Labute approximate surface area is 531 Å². The number of aromatic nitrogens is 6. The summed E-state index contributed by atoms with van der Waals surface area (Å²) in [5.74, 6) is 0. The van der Waals surface area contributed by atoms with Crippen LogP contribution >= 0.6 is 0 Å². The first-order valence-electron chi connectivity index (χ1n) is 30.4. The fraction of sp³-hybridized carbons (Fsp3) is 0. The number of nitriles is 2. The predicted molar refractivity (Wildman–Crippen MR) is 372 cm³/mol. The Morgan fingerprint density at radius 1 is 0.217 bits per heavy atom. The Morgan fingerprint density at radius 3 is 1.27 bits per heavy atom. The van der Waals surface area contributed by atoms with E-state index in [0.29, 0.717) is 33.9 Å². The lowest BCUT2D eigenvalue weighted by Gasteiger charge is -2.18. The van der Waals surface area contributed by atoms with E-state index >= 15 is 0 Å². The van der Waals surface area contributed by atoms with Gasteiger partial charge in [0.15, 0.2) is 0 Å². The van der Waals surface area contributed by atoms with Gasteiger partial charge in [0, 0.05) is 24.2 Å². The second-order valence-electron chi connectivity index (χ2n) is 22.8. The van der Waals surface area contributed by atoms with Crippen LogP contribution in [0.2, 0.25) is 0 Å². The average molecular weight is 1170 g/mol. The number of hydrogen-bond donors (Lipinski definition) is 0. The smallest absolute Gasteiger partial charge is 0.0991 e. The minimum atomic E-state index is 0.521. The van der Waals surface area contributed by atoms with Crippen molar-refractivity contribution in [3.63, 3.8) is 0 Å². The van der Waals surface area contributed by atoms with E-state index in [4.69, 9.17) is 29.9 Å². The van der Waals surface area contributed by atoms with Gasteiger partial charge in [0.05, 0.1) is 74.5 Å². The van der Waals surface area contributed by atoms with E-state index in [1.807, 2.05) is 109 Å². The topological polar surface area (TPSA) is 125 Å². The molecule has 8 heteroatoms. The van der Waals surface area contributed by atoms with Gasteiger partial charge in [-0.15, -0.1) is 0 Å². The molecule has 92 heavy (non-hydrogen) atoms. The van der Waals surface area contributed by atoms with Crippen LogP contribution in [0.15, 0.2) is 304 Å². The molecule has 0 unspecified atom stereocenters. The lowest BCUT2D eigenvalue weighted by atomic mass is 9.86. The van der Waals surface area contributed by atoms with Crippen molar-refractivity contribution in [3.05, 3.63) is 315 Å². The number of benzene rings is 10. The van der Waals surface area contributed by atoms with Gasteiger partial charge in [-0.3, -0.25) is 15.0 Å². The van der Waals surface area contributed by atoms with E-state index in [-0.39, 0.29) is 0 Å². The molecular formula is C84H50N8. The number of hydrogen-bond acceptors (Lipinski definition) is 8. The van der Waals surface area contributed by atoms with Crippen LogP contribution in [0.3, 0.4) is 0 Å². The second kappa shape index (κ2) is 23.3. The van der Waals surface area contributed by atoms with Crippen molar-refractivity contribution < 1.29 is 0 Å². The molecule has 0 N–H and O–H groups in total. The fourth-order valence-electron chi connectivity index (χ4n) is 12.9. The minimum absolute atomic E-state index is 0.521. The maximum absolute atomic E-state index is 10.5. The Hall–Kier alpha value is -12.9. The van der Waals surface area contributed by atoms with Crippen LogP contribution in [0.1, 0.15) is 11.1 Å². The van der Waals surface area contributed by atoms with Crippen LogP contribution in [-0.2, 0) is 0 Å². The van der Waals surface area contributed by atoms with Gasteiger partial charge >= 0.3 is 0 Å². The molecule has 0 bridgehead atoms. The standard InChI is InChI=1S/C84H50N8/c85-51-53-28-31-57(32-29-53)84-67-21-6-1-15-55(67)35-37-68(84)62-43-60-17-3-5-20-66(60)73(46-62)64-49-82(78-25-9-12-40-89-78)92-83(50-64)79-27-14-26-75(90-79)74-41-54(52-86)30-36-70(74)69-22-13-18-56-33-34-58(44-71(56)69)61-42-59-16-2-4-19-65(59)72(45-61)63-47-80(76-23-7-10-38-87-76)91-81(48-63)77-24-8-11-39-88-77/h1-50H. The summed E-state index contributed by atoms with van der Waals surface area (Å²) < 4.78 is 0. The van der Waals surface area contributed by atoms with Crippen molar-refractivity contribution >= 4 is 43.1 Å². The van der Waals surface area contributed by atoms with E-state index in [2.05, 4.69) is 188 Å². The van der Waals surface area contributed by atoms with Gasteiger partial charge < -0.3 is 0 Å². The van der Waals surface area contributed by atoms with Crippen molar-refractivity contribution in [1.29, 1.82) is 10.5 Å². The summed E-state index contributed by atoms with van der Waals surface area (Å²) in [5, 5.41) is 29.1. The summed E-state index contributed by atoms with van der Waals surface area (Å²) in [4.78, 5) is 30.2. The SMILES string of the molecule is N#Cc1ccc(-c2c(-c3cc(-c4cc(-c5ccccn5)nc(-c5cccc(-c6cc(C#N)ccc6-c6cccc7ccc(-c8cc(-c9cc(-c%10ccccn%10)nc(-c%10ccccn%10)c9)c9ccccc9c8)cc67)n5)c4)c4ccccc4c3)ccc3ccccc23)cc1. The summed E-state index contributed by atoms with van der Waals surface area (Å²) >= 11 is 0. The highest BCUT2D eigenvalue weighted by Gasteiger charge is 2.21. The normalized spacial score (nSPS) is 11.2. The van der Waals surface area contributed by atoms with Gasteiger partial charge in [-0.05, 0) is 237 Å². The highest BCUT2D eigenvalue weighted by Crippen LogP contribution is 2.45. The van der Waals surface area contributed by atoms with Crippen molar-refractivity contribution in [3.8, 4) is 136 Å². The number of nitrogens with zero attached hydrogens (tertiary/aromatic N) is 8. The molecular weight excluding hydrogens is 1120 g/mol. The van der Waals surface area contributed by atoms with Crippen molar-refractivity contribution in [2.45, 2.75) is 0 Å². The fourth-order valence-corrected chi connectivity index (χ4v) is 12.9. The van der Waals surface area contributed by atoms with E-state index < -0.39 is 0 Å². The summed E-state index contributed by atoms with van der Waals surface area (Å²) in [6, 6.07) is 103. The van der Waals surface area contributed by atoms with Crippen molar-refractivity contribution in [2.75, 3.05) is 0 Å². The minimum Gasteiger partial charge on any atom is -0.255 e. The molecule has 0 aliphatic carbocycles. The molecule has 426 valence electrons. The molecule has 0 aliphatic heterocycles. The summed E-state index contributed by atoms with van der Waals surface area (Å²) in [6.07, 6.45) is 5.39. The predicted octanol–water partition coefficient (Wildman–Crippen LogP) is 20.7. The molecule has 0 radical (unpaired) electrons. The summed E-state index contributed by atoms with van der Waals surface area (Å²) in [5.41, 5.74) is 20.8. The number of pyridine rings is 6. The van der Waals surface area contributed by atoms with Gasteiger partial charge in [-0.2, -0.15) is 10.5 Å². The molecule has 6 aromatic heterocycles. The zero-order valence-corrected chi connectivity index (χ0v) is 49.4. The Bertz CT molecular complexity index is 5600. The number of rotatable bonds is 11. The van der Waals surface area contributed by atoms with Crippen LogP contribution in [0.4, 0.5) is 0 Å². The molecule has 0 aliphatic rings. The molecule has 16 aromatic rings. The first-order chi connectivity index (χ1) is 45.5. The van der Waals surface area contributed by atoms with Crippen LogP contribution in [-0.4, -0.2) is 29.9 Å². The molecule has 0 amide bonds. The third-order valence-corrected chi connectivity index (χ3v) is 17.3. The van der Waals surface area contributed by atoms with Crippen molar-refractivity contribution in [2.24, 2.45) is 0 Å².